The van der Waals surface area contributed by atoms with Crippen molar-refractivity contribution in [3.63, 3.8) is 0 Å². The first kappa shape index (κ1) is 16.6. The SMILES string of the molecule is Cc1cc(CN2CCN(Cc3nc4cc(Cl)ccc4n3C)CC2)no1. The average Bonchev–Trinajstić information content (AvgIpc) is 3.13. The summed E-state index contributed by atoms with van der Waals surface area (Å²) < 4.78 is 7.31. The fraction of sp³-hybridized carbons (Fsp3) is 0.444. The maximum absolute atomic E-state index is 6.08. The van der Waals surface area contributed by atoms with Crippen molar-refractivity contribution in [2.45, 2.75) is 20.0 Å². The Morgan fingerprint density at radius 1 is 1.08 bits per heavy atom. The highest BCUT2D eigenvalue weighted by atomic mass is 35.5. The Morgan fingerprint density at radius 2 is 1.80 bits per heavy atom. The highest BCUT2D eigenvalue weighted by molar-refractivity contribution is 6.31. The lowest BCUT2D eigenvalue weighted by atomic mass is 10.2. The molecule has 0 radical (unpaired) electrons. The van der Waals surface area contributed by atoms with Crippen molar-refractivity contribution in [3.8, 4) is 0 Å². The second-order valence-corrected chi connectivity index (χ2v) is 7.14. The zero-order valence-electron chi connectivity index (χ0n) is 14.6. The first-order valence-corrected chi connectivity index (χ1v) is 8.94. The summed E-state index contributed by atoms with van der Waals surface area (Å²) in [6.07, 6.45) is 0. The lowest BCUT2D eigenvalue weighted by Gasteiger charge is -2.33. The molecule has 0 unspecified atom stereocenters. The van der Waals surface area contributed by atoms with Gasteiger partial charge >= 0.3 is 0 Å². The van der Waals surface area contributed by atoms with Gasteiger partial charge in [-0.1, -0.05) is 16.8 Å². The summed E-state index contributed by atoms with van der Waals surface area (Å²) in [6.45, 7) is 7.76. The molecule has 0 aliphatic carbocycles. The summed E-state index contributed by atoms with van der Waals surface area (Å²) >= 11 is 6.08. The average molecular weight is 360 g/mol. The van der Waals surface area contributed by atoms with Crippen LogP contribution < -0.4 is 0 Å². The molecule has 0 amide bonds. The summed E-state index contributed by atoms with van der Waals surface area (Å²) in [4.78, 5) is 9.63. The number of benzene rings is 1. The Balaban J connectivity index is 1.38. The van der Waals surface area contributed by atoms with Crippen LogP contribution in [0.2, 0.25) is 5.02 Å². The van der Waals surface area contributed by atoms with E-state index in [1.54, 1.807) is 0 Å². The molecule has 3 heterocycles. The number of aromatic nitrogens is 3. The maximum atomic E-state index is 6.08. The van der Waals surface area contributed by atoms with Gasteiger partial charge in [0.1, 0.15) is 11.6 Å². The van der Waals surface area contributed by atoms with E-state index in [1.807, 2.05) is 31.2 Å². The van der Waals surface area contributed by atoms with Crippen molar-refractivity contribution in [1.82, 2.24) is 24.5 Å². The van der Waals surface area contributed by atoms with Gasteiger partial charge in [-0.2, -0.15) is 0 Å². The largest absolute Gasteiger partial charge is 0.361 e. The number of hydrogen-bond donors (Lipinski definition) is 0. The van der Waals surface area contributed by atoms with Gasteiger partial charge in [0.2, 0.25) is 0 Å². The predicted octanol–water partition coefficient (Wildman–Crippen LogP) is 2.84. The van der Waals surface area contributed by atoms with Crippen LogP contribution in [0.4, 0.5) is 0 Å². The Hall–Kier alpha value is -1.89. The molecule has 7 heteroatoms. The number of aryl methyl sites for hydroxylation is 2. The van der Waals surface area contributed by atoms with Gasteiger partial charge in [0.25, 0.3) is 0 Å². The summed E-state index contributed by atoms with van der Waals surface area (Å²) in [5, 5.41) is 4.82. The number of halogens is 1. The second kappa shape index (κ2) is 6.78. The molecule has 1 saturated heterocycles. The molecule has 0 saturated carbocycles. The minimum absolute atomic E-state index is 0.730. The van der Waals surface area contributed by atoms with E-state index in [9.17, 15) is 0 Å². The van der Waals surface area contributed by atoms with Gasteiger partial charge in [0, 0.05) is 50.9 Å². The Kier molecular flexibility index (Phi) is 4.50. The van der Waals surface area contributed by atoms with Crippen LogP contribution in [0.25, 0.3) is 11.0 Å². The maximum Gasteiger partial charge on any atom is 0.133 e. The zero-order valence-corrected chi connectivity index (χ0v) is 15.3. The van der Waals surface area contributed by atoms with Crippen molar-refractivity contribution >= 4 is 22.6 Å². The number of imidazole rings is 1. The van der Waals surface area contributed by atoms with Gasteiger partial charge in [-0.15, -0.1) is 0 Å². The minimum atomic E-state index is 0.730. The van der Waals surface area contributed by atoms with Crippen molar-refractivity contribution < 1.29 is 4.52 Å². The van der Waals surface area contributed by atoms with E-state index < -0.39 is 0 Å². The quantitative estimate of drug-likeness (QED) is 0.717. The third-order valence-corrected chi connectivity index (χ3v) is 5.06. The summed E-state index contributed by atoms with van der Waals surface area (Å²) in [5.74, 6) is 1.95. The monoisotopic (exact) mass is 359 g/mol. The lowest BCUT2D eigenvalue weighted by molar-refractivity contribution is 0.117. The standard InChI is InChI=1S/C18H22ClN5O/c1-13-9-15(21-25-13)11-23-5-7-24(8-6-23)12-18-20-16-10-14(19)3-4-17(16)22(18)2/h3-4,9-10H,5-8,11-12H2,1-2H3. The third kappa shape index (κ3) is 3.56. The van der Waals surface area contributed by atoms with E-state index in [4.69, 9.17) is 21.1 Å². The predicted molar refractivity (Wildman–Crippen MR) is 97.5 cm³/mol. The van der Waals surface area contributed by atoms with Gasteiger partial charge in [0.15, 0.2) is 0 Å². The Bertz CT molecular complexity index is 879. The first-order valence-electron chi connectivity index (χ1n) is 8.56. The summed E-state index contributed by atoms with van der Waals surface area (Å²) in [7, 11) is 2.07. The first-order chi connectivity index (χ1) is 12.1. The van der Waals surface area contributed by atoms with Crippen LogP contribution in [0.1, 0.15) is 17.3 Å². The van der Waals surface area contributed by atoms with E-state index in [0.29, 0.717) is 0 Å². The van der Waals surface area contributed by atoms with Crippen LogP contribution in [-0.4, -0.2) is 50.7 Å². The van der Waals surface area contributed by atoms with Crippen molar-refractivity contribution in [2.75, 3.05) is 26.2 Å². The van der Waals surface area contributed by atoms with E-state index >= 15 is 0 Å². The lowest BCUT2D eigenvalue weighted by Crippen LogP contribution is -2.45. The molecule has 1 fully saturated rings. The number of nitrogens with zero attached hydrogens (tertiary/aromatic N) is 5. The van der Waals surface area contributed by atoms with E-state index in [1.165, 1.54) is 0 Å². The van der Waals surface area contributed by atoms with E-state index in [-0.39, 0.29) is 0 Å². The molecule has 0 N–H and O–H groups in total. The Morgan fingerprint density at radius 3 is 2.48 bits per heavy atom. The van der Waals surface area contributed by atoms with Gasteiger partial charge in [-0.25, -0.2) is 4.98 Å². The molecule has 132 valence electrons. The molecular formula is C18H22ClN5O. The molecular weight excluding hydrogens is 338 g/mol. The van der Waals surface area contributed by atoms with Crippen LogP contribution in [0, 0.1) is 6.92 Å². The van der Waals surface area contributed by atoms with E-state index in [0.717, 1.165) is 72.6 Å². The molecule has 25 heavy (non-hydrogen) atoms. The van der Waals surface area contributed by atoms with Crippen molar-refractivity contribution in [3.05, 3.63) is 46.6 Å². The van der Waals surface area contributed by atoms with Crippen molar-refractivity contribution in [2.24, 2.45) is 7.05 Å². The molecule has 1 aliphatic rings. The molecule has 0 atom stereocenters. The van der Waals surface area contributed by atoms with Gasteiger partial charge in [0.05, 0.1) is 23.3 Å². The fourth-order valence-corrected chi connectivity index (χ4v) is 3.56. The van der Waals surface area contributed by atoms with Crippen molar-refractivity contribution in [1.29, 1.82) is 0 Å². The molecule has 1 aromatic carbocycles. The number of hydrogen-bond acceptors (Lipinski definition) is 5. The summed E-state index contributed by atoms with van der Waals surface area (Å²) in [5.41, 5.74) is 3.10. The molecule has 0 bridgehead atoms. The molecule has 1 aliphatic heterocycles. The van der Waals surface area contributed by atoms with Crippen LogP contribution in [0.3, 0.4) is 0 Å². The zero-order chi connectivity index (χ0) is 17.4. The molecule has 0 spiro atoms. The van der Waals surface area contributed by atoms with Crippen LogP contribution in [0.5, 0.6) is 0 Å². The van der Waals surface area contributed by atoms with Crippen LogP contribution in [-0.2, 0) is 20.1 Å². The van der Waals surface area contributed by atoms with E-state index in [2.05, 4.69) is 26.6 Å². The normalized spacial score (nSPS) is 16.8. The molecule has 3 aromatic rings. The topological polar surface area (TPSA) is 50.3 Å². The van der Waals surface area contributed by atoms with Gasteiger partial charge in [-0.05, 0) is 25.1 Å². The van der Waals surface area contributed by atoms with Gasteiger partial charge in [-0.3, -0.25) is 9.80 Å². The number of piperazine rings is 1. The molecule has 2 aromatic heterocycles. The number of rotatable bonds is 4. The Labute approximate surface area is 152 Å². The highest BCUT2D eigenvalue weighted by Gasteiger charge is 2.20. The highest BCUT2D eigenvalue weighted by Crippen LogP contribution is 2.20. The number of fused-ring (bicyclic) bond motifs is 1. The molecule has 6 nitrogen and oxygen atoms in total. The van der Waals surface area contributed by atoms with Gasteiger partial charge < -0.3 is 9.09 Å². The third-order valence-electron chi connectivity index (χ3n) is 4.83. The minimum Gasteiger partial charge on any atom is -0.361 e. The smallest absolute Gasteiger partial charge is 0.133 e. The second-order valence-electron chi connectivity index (χ2n) is 6.70. The molecule has 4 rings (SSSR count). The van der Waals surface area contributed by atoms with Crippen LogP contribution >= 0.6 is 11.6 Å². The summed E-state index contributed by atoms with van der Waals surface area (Å²) in [6, 6.07) is 7.89. The van der Waals surface area contributed by atoms with Crippen LogP contribution in [0.15, 0.2) is 28.8 Å². The fourth-order valence-electron chi connectivity index (χ4n) is 3.39.